The Kier molecular flexibility index (Phi) is 20.0. The molecule has 1 aliphatic carbocycles. The van der Waals surface area contributed by atoms with Crippen LogP contribution in [0, 0.1) is 5.92 Å². The van der Waals surface area contributed by atoms with Gasteiger partial charge < -0.3 is 28.4 Å². The molecule has 5 aromatic rings. The zero-order chi connectivity index (χ0) is 47.1. The van der Waals surface area contributed by atoms with Gasteiger partial charge in [0.15, 0.2) is 0 Å². The lowest BCUT2D eigenvalue weighted by atomic mass is 9.89. The quantitative estimate of drug-likeness (QED) is 0.0123. The highest BCUT2D eigenvalue weighted by Crippen LogP contribution is 2.33. The predicted molar refractivity (Wildman–Crippen MR) is 261 cm³/mol. The van der Waals surface area contributed by atoms with Gasteiger partial charge in [0.05, 0.1) is 54.0 Å². The van der Waals surface area contributed by atoms with E-state index in [2.05, 4.69) is 13.2 Å². The van der Waals surface area contributed by atoms with E-state index >= 15 is 0 Å². The van der Waals surface area contributed by atoms with Crippen molar-refractivity contribution in [2.75, 3.05) is 38.0 Å². The summed E-state index contributed by atoms with van der Waals surface area (Å²) in [5, 5.41) is 7.66. The number of unbranched alkanes of at least 4 members (excludes halogenated alkanes) is 6. The molecule has 14 heteroatoms. The molecule has 13 nitrogen and oxygen atoms in total. The highest BCUT2D eigenvalue weighted by Gasteiger charge is 2.21. The third kappa shape index (κ3) is 16.5. The van der Waals surface area contributed by atoms with Crippen molar-refractivity contribution in [3.05, 3.63) is 133 Å². The zero-order valence-electron chi connectivity index (χ0n) is 37.9. The van der Waals surface area contributed by atoms with E-state index in [1.807, 2.05) is 29.3 Å². The van der Waals surface area contributed by atoms with Crippen LogP contribution in [0.4, 0.5) is 5.13 Å². The van der Waals surface area contributed by atoms with Gasteiger partial charge in [0.1, 0.15) is 23.0 Å². The van der Waals surface area contributed by atoms with Crippen molar-refractivity contribution < 1.29 is 47.6 Å². The standard InChI is InChI=1S/C53H59N3O10S/c1-3-49(57)63-34-16-7-5-14-32-61-43-26-22-40(23-27-43)51(59)65-45-30-31-47(66-52(60)41-24-28-44(29-25-41)62-33-15-6-8-17-35-64-50(58)4-2)42(36-45)37-54-56(38-39-18-10-9-11-19-39)53-55-46-20-12-13-21-48(46)67-53/h3-4,12-13,20-31,36-37,39H,1-2,5-11,14-19,32-35,38H2/b54-37+. The third-order valence-electron chi connectivity index (χ3n) is 11.0. The van der Waals surface area contributed by atoms with E-state index < -0.39 is 23.9 Å². The highest BCUT2D eigenvalue weighted by molar-refractivity contribution is 7.22. The maximum atomic E-state index is 13.6. The summed E-state index contributed by atoms with van der Waals surface area (Å²) in [6.07, 6.45) is 16.6. The molecule has 0 saturated heterocycles. The first-order valence-corrected chi connectivity index (χ1v) is 23.9. The molecule has 0 radical (unpaired) electrons. The van der Waals surface area contributed by atoms with E-state index in [0.717, 1.165) is 91.7 Å². The normalized spacial score (nSPS) is 12.6. The second-order valence-corrected chi connectivity index (χ2v) is 17.1. The van der Waals surface area contributed by atoms with Crippen LogP contribution in [0.1, 0.15) is 110 Å². The van der Waals surface area contributed by atoms with Crippen molar-refractivity contribution >= 4 is 56.8 Å². The number of hydrogen-bond acceptors (Lipinski definition) is 14. The van der Waals surface area contributed by atoms with Crippen molar-refractivity contribution in [1.29, 1.82) is 0 Å². The number of thiazole rings is 1. The van der Waals surface area contributed by atoms with E-state index in [1.165, 1.54) is 19.3 Å². The van der Waals surface area contributed by atoms with Crippen LogP contribution in [0.15, 0.2) is 121 Å². The number of benzene rings is 4. The van der Waals surface area contributed by atoms with Crippen LogP contribution < -0.4 is 24.0 Å². The van der Waals surface area contributed by atoms with Crippen molar-refractivity contribution in [1.82, 2.24) is 4.98 Å². The van der Waals surface area contributed by atoms with Crippen molar-refractivity contribution in [2.24, 2.45) is 11.0 Å². The van der Waals surface area contributed by atoms with Crippen LogP contribution in [0.25, 0.3) is 10.2 Å². The summed E-state index contributed by atoms with van der Waals surface area (Å²) in [5.41, 5.74) is 1.97. The molecule has 0 aliphatic heterocycles. The number of hydrazone groups is 1. The van der Waals surface area contributed by atoms with Crippen molar-refractivity contribution in [3.63, 3.8) is 0 Å². The maximum Gasteiger partial charge on any atom is 0.343 e. The molecule has 1 fully saturated rings. The summed E-state index contributed by atoms with van der Waals surface area (Å²) in [6, 6.07) is 26.3. The smallest absolute Gasteiger partial charge is 0.343 e. The van der Waals surface area contributed by atoms with Gasteiger partial charge in [-0.3, -0.25) is 0 Å². The van der Waals surface area contributed by atoms with Gasteiger partial charge in [-0.1, -0.05) is 55.9 Å². The average molecular weight is 930 g/mol. The third-order valence-corrected chi connectivity index (χ3v) is 12.1. The van der Waals surface area contributed by atoms with E-state index in [0.29, 0.717) is 67.1 Å². The fraction of sp³-hybridized carbons (Fsp3) is 0.358. The van der Waals surface area contributed by atoms with Gasteiger partial charge in [-0.2, -0.15) is 5.10 Å². The number of ether oxygens (including phenoxy) is 6. The lowest BCUT2D eigenvalue weighted by Gasteiger charge is -2.26. The Labute approximate surface area is 396 Å². The Balaban J connectivity index is 1.11. The number of rotatable bonds is 27. The number of para-hydroxylation sites is 1. The molecule has 352 valence electrons. The van der Waals surface area contributed by atoms with Gasteiger partial charge in [0, 0.05) is 24.3 Å². The van der Waals surface area contributed by atoms with Crippen LogP contribution in [-0.4, -0.2) is 68.0 Å². The largest absolute Gasteiger partial charge is 0.494 e. The van der Waals surface area contributed by atoms with Gasteiger partial charge in [-0.15, -0.1) is 0 Å². The Morgan fingerprint density at radius 3 is 1.75 bits per heavy atom. The number of carbonyl (C=O) groups is 4. The second kappa shape index (κ2) is 27.0. The second-order valence-electron chi connectivity index (χ2n) is 16.1. The lowest BCUT2D eigenvalue weighted by molar-refractivity contribution is -0.138. The molecule has 1 aliphatic rings. The van der Waals surface area contributed by atoms with Crippen LogP contribution in [0.3, 0.4) is 0 Å². The highest BCUT2D eigenvalue weighted by atomic mass is 32.1. The molecule has 0 bridgehead atoms. The first kappa shape index (κ1) is 49.6. The van der Waals surface area contributed by atoms with Crippen molar-refractivity contribution in [3.8, 4) is 23.0 Å². The Bertz CT molecular complexity index is 2390. The summed E-state index contributed by atoms with van der Waals surface area (Å²) >= 11 is 1.57. The predicted octanol–water partition coefficient (Wildman–Crippen LogP) is 11.5. The van der Waals surface area contributed by atoms with Crippen LogP contribution in [0.2, 0.25) is 0 Å². The molecule has 0 amide bonds. The number of aromatic nitrogens is 1. The molecule has 1 saturated carbocycles. The molecular formula is C53H59N3O10S. The minimum atomic E-state index is -0.581. The van der Waals surface area contributed by atoms with Gasteiger partial charge in [0.25, 0.3) is 0 Å². The Morgan fingerprint density at radius 2 is 1.18 bits per heavy atom. The number of fused-ring (bicyclic) bond motifs is 1. The molecule has 0 spiro atoms. The van der Waals surface area contributed by atoms with Gasteiger partial charge in [0.2, 0.25) is 5.13 Å². The van der Waals surface area contributed by atoms with E-state index in [1.54, 1.807) is 84.3 Å². The molecule has 4 aromatic carbocycles. The number of anilines is 1. The van der Waals surface area contributed by atoms with Crippen LogP contribution in [0.5, 0.6) is 23.0 Å². The molecule has 0 N–H and O–H groups in total. The number of hydrogen-bond donors (Lipinski definition) is 0. The minimum Gasteiger partial charge on any atom is -0.494 e. The van der Waals surface area contributed by atoms with Crippen molar-refractivity contribution in [2.45, 2.75) is 83.5 Å². The number of carbonyl (C=O) groups excluding carboxylic acids is 4. The fourth-order valence-corrected chi connectivity index (χ4v) is 8.27. The molecule has 0 atom stereocenters. The number of esters is 4. The van der Waals surface area contributed by atoms with Gasteiger partial charge in [-0.25, -0.2) is 29.2 Å². The Hall–Kier alpha value is -6.80. The maximum absolute atomic E-state index is 13.6. The Morgan fingerprint density at radius 1 is 0.642 bits per heavy atom. The molecule has 1 heterocycles. The van der Waals surface area contributed by atoms with Crippen LogP contribution in [-0.2, 0) is 19.1 Å². The minimum absolute atomic E-state index is 0.229. The van der Waals surface area contributed by atoms with E-state index in [9.17, 15) is 19.2 Å². The summed E-state index contributed by atoms with van der Waals surface area (Å²) in [4.78, 5) is 54.3. The first-order valence-electron chi connectivity index (χ1n) is 23.1. The van der Waals surface area contributed by atoms with Gasteiger partial charge in [-0.05, 0) is 149 Å². The average Bonchev–Trinajstić information content (AvgIpc) is 3.80. The summed E-state index contributed by atoms with van der Waals surface area (Å²) in [7, 11) is 0. The van der Waals surface area contributed by atoms with Crippen LogP contribution >= 0.6 is 11.3 Å². The molecule has 0 unspecified atom stereocenters. The zero-order valence-corrected chi connectivity index (χ0v) is 38.8. The molecule has 1 aromatic heterocycles. The molecular weight excluding hydrogens is 871 g/mol. The summed E-state index contributed by atoms with van der Waals surface area (Å²) in [5.74, 6) is 0.185. The number of nitrogens with zero attached hydrogens (tertiary/aromatic N) is 3. The topological polar surface area (TPSA) is 152 Å². The SMILES string of the molecule is C=CC(=O)OCCCCCCOc1ccc(C(=O)Oc2ccc(OC(=O)c3ccc(OCCCCCCOC(=O)C=C)cc3)c(/C=N/N(CC3CCCCC3)c3nc4ccccc4s3)c2)cc1. The lowest BCUT2D eigenvalue weighted by Crippen LogP contribution is -2.26. The summed E-state index contributed by atoms with van der Waals surface area (Å²) in [6.45, 7) is 9.22. The summed E-state index contributed by atoms with van der Waals surface area (Å²) < 4.78 is 34.7. The monoisotopic (exact) mass is 929 g/mol. The van der Waals surface area contributed by atoms with E-state index in [-0.39, 0.29) is 11.5 Å². The van der Waals surface area contributed by atoms with E-state index in [4.69, 9.17) is 38.5 Å². The first-order chi connectivity index (χ1) is 32.8. The fourth-order valence-electron chi connectivity index (χ4n) is 7.33. The molecule has 6 rings (SSSR count). The van der Waals surface area contributed by atoms with Gasteiger partial charge >= 0.3 is 23.9 Å². The molecule has 67 heavy (non-hydrogen) atoms.